The van der Waals surface area contributed by atoms with E-state index in [1.54, 1.807) is 36.4 Å². The number of nitrogens with zero attached hydrogens (tertiary/aromatic N) is 2. The number of fused-ring (bicyclic) bond motifs is 1. The summed E-state index contributed by atoms with van der Waals surface area (Å²) in [7, 11) is -3.77. The molecule has 170 valence electrons. The molecule has 10 heteroatoms. The fraction of sp³-hybridized carbons (Fsp3) is 0.174. The molecule has 0 aliphatic heterocycles. The first-order valence-electron chi connectivity index (χ1n) is 10.2. The Balaban J connectivity index is 1.79. The second-order valence-corrected chi connectivity index (χ2v) is 9.77. The highest BCUT2D eigenvalue weighted by Crippen LogP contribution is 2.35. The normalized spacial score (nSPS) is 11.6. The van der Waals surface area contributed by atoms with E-state index in [4.69, 9.17) is 15.9 Å². The van der Waals surface area contributed by atoms with Gasteiger partial charge in [-0.1, -0.05) is 17.7 Å². The zero-order valence-electron chi connectivity index (χ0n) is 18.4. The first-order valence-corrected chi connectivity index (χ1v) is 11.7. The monoisotopic (exact) mass is 464 g/mol. The molecule has 0 aliphatic carbocycles. The number of sulfone groups is 1. The number of benzene rings is 2. The number of H-pyrrole nitrogens is 1. The first-order chi connectivity index (χ1) is 15.7. The summed E-state index contributed by atoms with van der Waals surface area (Å²) in [6.07, 6.45) is 2.37. The fourth-order valence-electron chi connectivity index (χ4n) is 3.32. The van der Waals surface area contributed by atoms with Crippen molar-refractivity contribution >= 4 is 44.3 Å². The van der Waals surface area contributed by atoms with Gasteiger partial charge in [-0.15, -0.1) is 0 Å². The minimum atomic E-state index is -3.77. The van der Waals surface area contributed by atoms with Crippen LogP contribution in [0.15, 0.2) is 58.7 Å². The van der Waals surface area contributed by atoms with Gasteiger partial charge in [0.15, 0.2) is 0 Å². The van der Waals surface area contributed by atoms with Gasteiger partial charge in [0.05, 0.1) is 22.1 Å². The molecule has 0 spiro atoms. The van der Waals surface area contributed by atoms with E-state index in [9.17, 15) is 8.42 Å². The van der Waals surface area contributed by atoms with Crippen molar-refractivity contribution in [2.75, 3.05) is 11.1 Å². The zero-order valence-corrected chi connectivity index (χ0v) is 19.2. The van der Waals surface area contributed by atoms with Crippen LogP contribution in [0.3, 0.4) is 0 Å². The largest absolute Gasteiger partial charge is 0.489 e. The molecule has 0 fully saturated rings. The molecule has 0 radical (unpaired) electrons. The number of ether oxygens (including phenoxy) is 1. The van der Waals surface area contributed by atoms with E-state index in [-0.39, 0.29) is 16.0 Å². The van der Waals surface area contributed by atoms with Crippen molar-refractivity contribution in [1.29, 1.82) is 5.41 Å². The average Bonchev–Trinajstić information content (AvgIpc) is 3.22. The maximum atomic E-state index is 13.1. The van der Waals surface area contributed by atoms with Gasteiger partial charge < -0.3 is 26.2 Å². The predicted octanol–water partition coefficient (Wildman–Crippen LogP) is 4.21. The van der Waals surface area contributed by atoms with Crippen LogP contribution in [0.2, 0.25) is 0 Å². The highest BCUT2D eigenvalue weighted by atomic mass is 32.2. The fourth-order valence-corrected chi connectivity index (χ4v) is 4.57. The lowest BCUT2D eigenvalue weighted by Crippen LogP contribution is -2.09. The highest BCUT2D eigenvalue weighted by molar-refractivity contribution is 7.91. The lowest BCUT2D eigenvalue weighted by atomic mass is 10.1. The molecule has 5 N–H and O–H groups in total. The number of nitrogen functional groups attached to an aromatic ring is 1. The standard InChI is InChI=1S/C23H24N6O3S/c1-13(2)32-20-10-18(25)15(11-24)8-19(20)28-22-17-9-21(29-23(17)27-12-26-22)33(30,31)16-6-4-14(3)5-7-16/h4-13,24H,25H2,1-3H3,(H2,26,27,28,29). The van der Waals surface area contributed by atoms with Gasteiger partial charge in [-0.05, 0) is 45.0 Å². The summed E-state index contributed by atoms with van der Waals surface area (Å²) < 4.78 is 32.1. The first kappa shape index (κ1) is 22.3. The second kappa shape index (κ2) is 8.55. The summed E-state index contributed by atoms with van der Waals surface area (Å²) in [6, 6.07) is 11.5. The minimum absolute atomic E-state index is 0.0149. The summed E-state index contributed by atoms with van der Waals surface area (Å²) in [4.78, 5) is 11.6. The molecule has 2 aromatic heterocycles. The smallest absolute Gasteiger partial charge is 0.221 e. The number of nitrogens with two attached hydrogens (primary N) is 1. The van der Waals surface area contributed by atoms with Gasteiger partial charge in [-0.2, -0.15) is 0 Å². The molecule has 0 amide bonds. The third-order valence-corrected chi connectivity index (χ3v) is 6.67. The van der Waals surface area contributed by atoms with Crippen LogP contribution in [0.4, 0.5) is 17.2 Å². The molecule has 33 heavy (non-hydrogen) atoms. The molecular formula is C23H24N6O3S. The molecule has 0 aliphatic rings. The van der Waals surface area contributed by atoms with E-state index in [0.717, 1.165) is 11.8 Å². The molecule has 9 nitrogen and oxygen atoms in total. The van der Waals surface area contributed by atoms with Crippen molar-refractivity contribution < 1.29 is 13.2 Å². The van der Waals surface area contributed by atoms with Crippen LogP contribution >= 0.6 is 0 Å². The third kappa shape index (κ3) is 4.37. The Bertz CT molecular complexity index is 1440. The summed E-state index contributed by atoms with van der Waals surface area (Å²) in [5, 5.41) is 11.3. The van der Waals surface area contributed by atoms with Crippen LogP contribution in [0, 0.1) is 12.3 Å². The molecule has 0 unspecified atom stereocenters. The predicted molar refractivity (Wildman–Crippen MR) is 128 cm³/mol. The number of hydrogen-bond donors (Lipinski definition) is 4. The van der Waals surface area contributed by atoms with Crippen LogP contribution in [-0.4, -0.2) is 35.7 Å². The Kier molecular flexibility index (Phi) is 5.77. The molecule has 2 aromatic carbocycles. The van der Waals surface area contributed by atoms with Crippen molar-refractivity contribution in [2.45, 2.75) is 36.8 Å². The van der Waals surface area contributed by atoms with Gasteiger partial charge in [-0.25, -0.2) is 18.4 Å². The van der Waals surface area contributed by atoms with E-state index in [1.165, 1.54) is 12.4 Å². The van der Waals surface area contributed by atoms with Crippen molar-refractivity contribution in [2.24, 2.45) is 0 Å². The van der Waals surface area contributed by atoms with Gasteiger partial charge in [-0.3, -0.25) is 0 Å². The Morgan fingerprint density at radius 2 is 1.88 bits per heavy atom. The number of aryl methyl sites for hydroxylation is 1. The number of hydrogen-bond acceptors (Lipinski definition) is 8. The quantitative estimate of drug-likeness (QED) is 0.237. The summed E-state index contributed by atoms with van der Waals surface area (Å²) >= 11 is 0. The zero-order chi connectivity index (χ0) is 23.8. The Morgan fingerprint density at radius 1 is 1.15 bits per heavy atom. The topological polar surface area (TPSA) is 147 Å². The Labute approximate surface area is 191 Å². The van der Waals surface area contributed by atoms with Crippen LogP contribution in [-0.2, 0) is 9.84 Å². The van der Waals surface area contributed by atoms with Crippen LogP contribution in [0.1, 0.15) is 25.0 Å². The van der Waals surface area contributed by atoms with Crippen molar-refractivity contribution in [3.05, 3.63) is 59.9 Å². The molecular weight excluding hydrogens is 440 g/mol. The third-order valence-electron chi connectivity index (χ3n) is 4.98. The van der Waals surface area contributed by atoms with E-state index in [0.29, 0.717) is 39.5 Å². The van der Waals surface area contributed by atoms with E-state index < -0.39 is 9.84 Å². The summed E-state index contributed by atoms with van der Waals surface area (Å²) in [5.41, 5.74) is 8.82. The van der Waals surface area contributed by atoms with Gasteiger partial charge in [0.25, 0.3) is 0 Å². The van der Waals surface area contributed by atoms with Crippen LogP contribution in [0.25, 0.3) is 11.0 Å². The van der Waals surface area contributed by atoms with Gasteiger partial charge in [0.2, 0.25) is 9.84 Å². The van der Waals surface area contributed by atoms with Gasteiger partial charge >= 0.3 is 0 Å². The molecule has 4 aromatic rings. The van der Waals surface area contributed by atoms with E-state index >= 15 is 0 Å². The van der Waals surface area contributed by atoms with Crippen molar-refractivity contribution in [1.82, 2.24) is 15.0 Å². The number of nitrogens with one attached hydrogen (secondary N) is 3. The maximum absolute atomic E-state index is 13.1. The van der Waals surface area contributed by atoms with E-state index in [1.807, 2.05) is 20.8 Å². The van der Waals surface area contributed by atoms with Crippen LogP contribution < -0.4 is 15.8 Å². The van der Waals surface area contributed by atoms with Gasteiger partial charge in [0.1, 0.15) is 28.6 Å². The lowest BCUT2D eigenvalue weighted by Gasteiger charge is -2.17. The molecule has 2 heterocycles. The molecule has 0 saturated carbocycles. The SMILES string of the molecule is Cc1ccc(S(=O)(=O)c2cc3c(Nc4cc(C=N)c(N)cc4OC(C)C)ncnc3[nH]2)cc1. The highest BCUT2D eigenvalue weighted by Gasteiger charge is 2.22. The maximum Gasteiger partial charge on any atom is 0.221 e. The molecule has 0 saturated heterocycles. The number of anilines is 3. The Morgan fingerprint density at radius 3 is 2.55 bits per heavy atom. The van der Waals surface area contributed by atoms with Crippen LogP contribution in [0.5, 0.6) is 5.75 Å². The lowest BCUT2D eigenvalue weighted by molar-refractivity contribution is 0.244. The van der Waals surface area contributed by atoms with Crippen molar-refractivity contribution in [3.63, 3.8) is 0 Å². The Hall–Kier alpha value is -3.92. The summed E-state index contributed by atoms with van der Waals surface area (Å²) in [5.74, 6) is 0.874. The number of aromatic amines is 1. The summed E-state index contributed by atoms with van der Waals surface area (Å²) in [6.45, 7) is 5.68. The molecule has 4 rings (SSSR count). The average molecular weight is 465 g/mol. The number of aromatic nitrogens is 3. The van der Waals surface area contributed by atoms with Gasteiger partial charge in [0, 0.05) is 23.5 Å². The van der Waals surface area contributed by atoms with E-state index in [2.05, 4.69) is 20.3 Å². The van der Waals surface area contributed by atoms with Crippen molar-refractivity contribution in [3.8, 4) is 5.75 Å². The molecule has 0 atom stereocenters. The number of rotatable bonds is 7. The second-order valence-electron chi connectivity index (χ2n) is 7.85. The molecule has 0 bridgehead atoms. The minimum Gasteiger partial charge on any atom is -0.489 e.